The highest BCUT2D eigenvalue weighted by molar-refractivity contribution is 6.35. The summed E-state index contributed by atoms with van der Waals surface area (Å²) in [4.78, 5) is 0. The van der Waals surface area contributed by atoms with Crippen molar-refractivity contribution in [1.82, 2.24) is 10.5 Å². The molecule has 0 saturated heterocycles. The first-order chi connectivity index (χ1) is 8.16. The van der Waals surface area contributed by atoms with E-state index < -0.39 is 0 Å². The molecule has 0 aliphatic heterocycles. The second kappa shape index (κ2) is 5.40. The molecule has 4 nitrogen and oxygen atoms in total. The fourth-order valence-electron chi connectivity index (χ4n) is 1.41. The van der Waals surface area contributed by atoms with Crippen molar-refractivity contribution in [3.8, 4) is 5.75 Å². The van der Waals surface area contributed by atoms with Gasteiger partial charge in [0.15, 0.2) is 0 Å². The quantitative estimate of drug-likeness (QED) is 0.899. The summed E-state index contributed by atoms with van der Waals surface area (Å²) in [6, 6.07) is 4.93. The van der Waals surface area contributed by atoms with Gasteiger partial charge in [-0.1, -0.05) is 28.4 Å². The van der Waals surface area contributed by atoms with Crippen molar-refractivity contribution in [2.24, 2.45) is 0 Å². The Balaban J connectivity index is 1.99. The van der Waals surface area contributed by atoms with E-state index in [1.807, 2.05) is 0 Å². The van der Waals surface area contributed by atoms with Crippen LogP contribution in [0, 0.1) is 0 Å². The number of halogens is 2. The molecule has 2 N–H and O–H groups in total. The lowest BCUT2D eigenvalue weighted by Gasteiger charge is -2.07. The molecule has 1 aromatic heterocycles. The van der Waals surface area contributed by atoms with Crippen LogP contribution in [-0.4, -0.2) is 10.3 Å². The smallest absolute Gasteiger partial charge is 0.138 e. The van der Waals surface area contributed by atoms with E-state index in [4.69, 9.17) is 27.7 Å². The van der Waals surface area contributed by atoms with E-state index in [0.29, 0.717) is 23.7 Å². The number of phenolic OH excluding ortho intramolecular Hbond substituents is 1. The van der Waals surface area contributed by atoms with E-state index in [2.05, 4.69) is 10.5 Å². The van der Waals surface area contributed by atoms with Crippen molar-refractivity contribution < 1.29 is 9.63 Å². The lowest BCUT2D eigenvalue weighted by Crippen LogP contribution is -2.13. The largest absolute Gasteiger partial charge is 0.506 e. The van der Waals surface area contributed by atoms with E-state index >= 15 is 0 Å². The lowest BCUT2D eigenvalue weighted by molar-refractivity contribution is 0.408. The van der Waals surface area contributed by atoms with Gasteiger partial charge in [-0.3, -0.25) is 0 Å². The van der Waals surface area contributed by atoms with Crippen molar-refractivity contribution >= 4 is 23.2 Å². The summed E-state index contributed by atoms with van der Waals surface area (Å²) in [5, 5.41) is 17.3. The minimum Gasteiger partial charge on any atom is -0.506 e. The van der Waals surface area contributed by atoms with E-state index in [1.54, 1.807) is 12.1 Å². The molecule has 2 rings (SSSR count). The highest BCUT2D eigenvalue weighted by Gasteiger charge is 2.07. The molecular formula is C11H10Cl2N2O2. The van der Waals surface area contributed by atoms with Gasteiger partial charge < -0.3 is 14.9 Å². The normalized spacial score (nSPS) is 10.7. The first-order valence-electron chi connectivity index (χ1n) is 4.93. The number of hydrogen-bond donors (Lipinski definition) is 2. The van der Waals surface area contributed by atoms with Crippen LogP contribution in [0.15, 0.2) is 29.0 Å². The maximum Gasteiger partial charge on any atom is 0.138 e. The molecular weight excluding hydrogens is 263 g/mol. The third-order valence-corrected chi connectivity index (χ3v) is 2.73. The van der Waals surface area contributed by atoms with Crippen LogP contribution in [0.5, 0.6) is 5.75 Å². The van der Waals surface area contributed by atoms with Crippen LogP contribution in [-0.2, 0) is 13.1 Å². The Hall–Kier alpha value is -1.23. The Morgan fingerprint density at radius 3 is 2.82 bits per heavy atom. The van der Waals surface area contributed by atoms with Crippen molar-refractivity contribution in [2.75, 3.05) is 0 Å². The predicted octanol–water partition coefficient (Wildman–Crippen LogP) is 2.98. The molecule has 0 unspecified atom stereocenters. The van der Waals surface area contributed by atoms with Gasteiger partial charge in [0.25, 0.3) is 0 Å². The average molecular weight is 273 g/mol. The lowest BCUT2D eigenvalue weighted by atomic mass is 10.2. The van der Waals surface area contributed by atoms with Gasteiger partial charge in [0.05, 0.1) is 10.7 Å². The molecule has 1 aromatic carbocycles. The fourth-order valence-corrected chi connectivity index (χ4v) is 1.94. The third kappa shape index (κ3) is 3.12. The average Bonchev–Trinajstić information content (AvgIpc) is 2.78. The van der Waals surface area contributed by atoms with Crippen LogP contribution < -0.4 is 5.32 Å². The van der Waals surface area contributed by atoms with Crippen LogP contribution in [0.3, 0.4) is 0 Å². The Morgan fingerprint density at radius 1 is 1.29 bits per heavy atom. The predicted molar refractivity (Wildman–Crippen MR) is 65.2 cm³/mol. The molecule has 0 aliphatic carbocycles. The van der Waals surface area contributed by atoms with Gasteiger partial charge in [-0.15, -0.1) is 0 Å². The standard InChI is InChI=1S/C11H10Cl2N2O2/c12-8-3-7(11(16)10(13)4-8)5-14-6-9-1-2-17-15-9/h1-4,14,16H,5-6H2. The number of benzene rings is 1. The second-order valence-electron chi connectivity index (χ2n) is 3.49. The van der Waals surface area contributed by atoms with Crippen molar-refractivity contribution in [1.29, 1.82) is 0 Å². The van der Waals surface area contributed by atoms with Gasteiger partial charge in [-0.25, -0.2) is 0 Å². The molecule has 0 aliphatic rings. The first kappa shape index (κ1) is 12.2. The number of hydrogen-bond acceptors (Lipinski definition) is 4. The zero-order valence-electron chi connectivity index (χ0n) is 8.78. The molecule has 2 aromatic rings. The van der Waals surface area contributed by atoms with Crippen LogP contribution in [0.1, 0.15) is 11.3 Å². The number of aromatic hydroxyl groups is 1. The summed E-state index contributed by atoms with van der Waals surface area (Å²) in [7, 11) is 0. The zero-order valence-corrected chi connectivity index (χ0v) is 10.3. The molecule has 0 saturated carbocycles. The summed E-state index contributed by atoms with van der Waals surface area (Å²) >= 11 is 11.7. The Kier molecular flexibility index (Phi) is 3.89. The van der Waals surface area contributed by atoms with Gasteiger partial charge in [-0.2, -0.15) is 0 Å². The van der Waals surface area contributed by atoms with Crippen molar-refractivity contribution in [3.05, 3.63) is 45.8 Å². The molecule has 0 amide bonds. The summed E-state index contributed by atoms with van der Waals surface area (Å²) in [5.74, 6) is 0.0451. The molecule has 0 atom stereocenters. The van der Waals surface area contributed by atoms with E-state index in [1.165, 1.54) is 12.3 Å². The van der Waals surface area contributed by atoms with Crippen LogP contribution in [0.25, 0.3) is 0 Å². The van der Waals surface area contributed by atoms with Gasteiger partial charge in [-0.05, 0) is 12.1 Å². The summed E-state index contributed by atoms with van der Waals surface area (Å²) < 4.78 is 4.70. The minimum absolute atomic E-state index is 0.0451. The van der Waals surface area contributed by atoms with Gasteiger partial charge in [0, 0.05) is 29.7 Å². The number of rotatable bonds is 4. The first-order valence-corrected chi connectivity index (χ1v) is 5.69. The number of aromatic nitrogens is 1. The van der Waals surface area contributed by atoms with Crippen LogP contribution in [0.4, 0.5) is 0 Å². The number of phenols is 1. The highest BCUT2D eigenvalue weighted by Crippen LogP contribution is 2.30. The van der Waals surface area contributed by atoms with E-state index in [-0.39, 0.29) is 10.8 Å². The van der Waals surface area contributed by atoms with Crippen LogP contribution in [0.2, 0.25) is 10.0 Å². The number of nitrogens with zero attached hydrogens (tertiary/aromatic N) is 1. The summed E-state index contributed by atoms with van der Waals surface area (Å²) in [6.45, 7) is 0.985. The molecule has 17 heavy (non-hydrogen) atoms. The Morgan fingerprint density at radius 2 is 2.12 bits per heavy atom. The Labute approximate surface area is 108 Å². The maximum atomic E-state index is 9.71. The maximum absolute atomic E-state index is 9.71. The van der Waals surface area contributed by atoms with Gasteiger partial charge in [0.2, 0.25) is 0 Å². The van der Waals surface area contributed by atoms with E-state index in [9.17, 15) is 5.11 Å². The molecule has 0 fully saturated rings. The highest BCUT2D eigenvalue weighted by atomic mass is 35.5. The fraction of sp³-hybridized carbons (Fsp3) is 0.182. The van der Waals surface area contributed by atoms with Gasteiger partial charge >= 0.3 is 0 Å². The molecule has 1 heterocycles. The van der Waals surface area contributed by atoms with Crippen molar-refractivity contribution in [2.45, 2.75) is 13.1 Å². The molecule has 0 spiro atoms. The summed E-state index contributed by atoms with van der Waals surface area (Å²) in [5.41, 5.74) is 1.43. The third-order valence-electron chi connectivity index (χ3n) is 2.22. The minimum atomic E-state index is 0.0451. The monoisotopic (exact) mass is 272 g/mol. The molecule has 0 radical (unpaired) electrons. The van der Waals surface area contributed by atoms with Crippen LogP contribution >= 0.6 is 23.2 Å². The zero-order chi connectivity index (χ0) is 12.3. The molecule has 90 valence electrons. The van der Waals surface area contributed by atoms with Gasteiger partial charge in [0.1, 0.15) is 12.0 Å². The SMILES string of the molecule is Oc1c(Cl)cc(Cl)cc1CNCc1ccon1. The molecule has 0 bridgehead atoms. The van der Waals surface area contributed by atoms with Crippen molar-refractivity contribution in [3.63, 3.8) is 0 Å². The molecule has 6 heteroatoms. The second-order valence-corrected chi connectivity index (χ2v) is 4.33. The number of nitrogens with one attached hydrogen (secondary N) is 1. The van der Waals surface area contributed by atoms with E-state index in [0.717, 1.165) is 5.69 Å². The Bertz CT molecular complexity index is 500. The summed E-state index contributed by atoms with van der Waals surface area (Å²) in [6.07, 6.45) is 1.50. The topological polar surface area (TPSA) is 58.3 Å².